The number of ketones is 1. The van der Waals surface area contributed by atoms with Crippen LogP contribution in [0.25, 0.3) is 0 Å². The molecule has 19 heavy (non-hydrogen) atoms. The molecular formula is C14H23N3O2. The van der Waals surface area contributed by atoms with Crippen molar-refractivity contribution in [3.63, 3.8) is 0 Å². The molecule has 0 saturated carbocycles. The lowest BCUT2D eigenvalue weighted by Gasteiger charge is -2.31. The number of imidazole rings is 1. The van der Waals surface area contributed by atoms with Gasteiger partial charge in [-0.2, -0.15) is 0 Å². The molecule has 0 amide bonds. The van der Waals surface area contributed by atoms with Crippen LogP contribution in [-0.2, 0) is 22.5 Å². The molecule has 106 valence electrons. The van der Waals surface area contributed by atoms with Gasteiger partial charge in [0.1, 0.15) is 11.9 Å². The Bertz CT molecular complexity index is 415. The largest absolute Gasteiger partial charge is 0.368 e. The van der Waals surface area contributed by atoms with Crippen molar-refractivity contribution in [2.24, 2.45) is 0 Å². The van der Waals surface area contributed by atoms with Crippen LogP contribution < -0.4 is 0 Å². The van der Waals surface area contributed by atoms with Crippen LogP contribution in [0.4, 0.5) is 0 Å². The smallest absolute Gasteiger partial charge is 0.170 e. The third-order valence-electron chi connectivity index (χ3n) is 3.52. The zero-order valence-electron chi connectivity index (χ0n) is 11.8. The van der Waals surface area contributed by atoms with Gasteiger partial charge in [-0.25, -0.2) is 4.98 Å². The van der Waals surface area contributed by atoms with E-state index in [4.69, 9.17) is 4.74 Å². The molecule has 1 unspecified atom stereocenters. The van der Waals surface area contributed by atoms with Crippen molar-refractivity contribution in [3.05, 3.63) is 18.2 Å². The van der Waals surface area contributed by atoms with Gasteiger partial charge in [0.15, 0.2) is 5.78 Å². The highest BCUT2D eigenvalue weighted by molar-refractivity contribution is 5.85. The number of hydrogen-bond donors (Lipinski definition) is 0. The van der Waals surface area contributed by atoms with Crippen molar-refractivity contribution < 1.29 is 9.53 Å². The van der Waals surface area contributed by atoms with Gasteiger partial charge in [-0.05, 0) is 19.9 Å². The molecule has 2 heterocycles. The zero-order valence-corrected chi connectivity index (χ0v) is 11.8. The van der Waals surface area contributed by atoms with E-state index in [1.807, 2.05) is 10.8 Å². The van der Waals surface area contributed by atoms with Gasteiger partial charge < -0.3 is 9.30 Å². The maximum absolute atomic E-state index is 12.3. The molecule has 5 heteroatoms. The van der Waals surface area contributed by atoms with Crippen molar-refractivity contribution in [2.45, 2.75) is 39.3 Å². The highest BCUT2D eigenvalue weighted by Gasteiger charge is 2.26. The molecule has 1 aliphatic rings. The second-order valence-electron chi connectivity index (χ2n) is 4.93. The van der Waals surface area contributed by atoms with Crippen molar-refractivity contribution in [1.29, 1.82) is 0 Å². The Hall–Kier alpha value is -1.20. The SMILES string of the molecule is CCCN1CCOC(C(=O)Cc2nccn2CC)C1. The molecular weight excluding hydrogens is 242 g/mol. The minimum atomic E-state index is -0.290. The van der Waals surface area contributed by atoms with E-state index >= 15 is 0 Å². The summed E-state index contributed by atoms with van der Waals surface area (Å²) in [6.07, 6.45) is 4.85. The van der Waals surface area contributed by atoms with Gasteiger partial charge in [-0.3, -0.25) is 9.69 Å². The number of carbonyl (C=O) groups is 1. The fourth-order valence-corrected chi connectivity index (χ4v) is 2.48. The Labute approximate surface area is 114 Å². The molecule has 1 aromatic rings. The van der Waals surface area contributed by atoms with Crippen LogP contribution in [0, 0.1) is 0 Å². The number of hydrogen-bond acceptors (Lipinski definition) is 4. The maximum Gasteiger partial charge on any atom is 0.170 e. The second kappa shape index (κ2) is 6.82. The minimum Gasteiger partial charge on any atom is -0.368 e. The molecule has 0 bridgehead atoms. The van der Waals surface area contributed by atoms with Crippen molar-refractivity contribution in [3.8, 4) is 0 Å². The monoisotopic (exact) mass is 265 g/mol. The average Bonchev–Trinajstić information content (AvgIpc) is 2.86. The fraction of sp³-hybridized carbons (Fsp3) is 0.714. The molecule has 5 nitrogen and oxygen atoms in total. The van der Waals surface area contributed by atoms with E-state index in [2.05, 4.69) is 23.7 Å². The first-order chi connectivity index (χ1) is 9.24. The van der Waals surface area contributed by atoms with Crippen LogP contribution in [0.15, 0.2) is 12.4 Å². The standard InChI is InChI=1S/C14H23N3O2/c1-3-6-16-8-9-19-13(11-16)12(18)10-14-15-5-7-17(14)4-2/h5,7,13H,3-4,6,8-11H2,1-2H3. The summed E-state index contributed by atoms with van der Waals surface area (Å²) in [5, 5.41) is 0. The third-order valence-corrected chi connectivity index (χ3v) is 3.52. The molecule has 0 N–H and O–H groups in total. The number of aryl methyl sites for hydroxylation is 1. The number of morpholine rings is 1. The first-order valence-electron chi connectivity index (χ1n) is 7.11. The Morgan fingerprint density at radius 1 is 1.53 bits per heavy atom. The van der Waals surface area contributed by atoms with E-state index < -0.39 is 0 Å². The molecule has 1 atom stereocenters. The lowest BCUT2D eigenvalue weighted by atomic mass is 10.1. The Morgan fingerprint density at radius 2 is 2.37 bits per heavy atom. The number of carbonyl (C=O) groups excluding carboxylic acids is 1. The lowest BCUT2D eigenvalue weighted by Crippen LogP contribution is -2.46. The molecule has 1 fully saturated rings. The van der Waals surface area contributed by atoms with Crippen LogP contribution in [-0.4, -0.2) is 52.6 Å². The zero-order chi connectivity index (χ0) is 13.7. The normalized spacial score (nSPS) is 20.6. The summed E-state index contributed by atoms with van der Waals surface area (Å²) in [6, 6.07) is 0. The summed E-state index contributed by atoms with van der Waals surface area (Å²) in [7, 11) is 0. The van der Waals surface area contributed by atoms with E-state index in [1.165, 1.54) is 0 Å². The summed E-state index contributed by atoms with van der Waals surface area (Å²) < 4.78 is 7.61. The number of rotatable bonds is 6. The highest BCUT2D eigenvalue weighted by Crippen LogP contribution is 2.10. The molecule has 2 rings (SSSR count). The molecule has 0 aliphatic carbocycles. The molecule has 0 aromatic carbocycles. The Kier molecular flexibility index (Phi) is 5.10. The summed E-state index contributed by atoms with van der Waals surface area (Å²) >= 11 is 0. The van der Waals surface area contributed by atoms with Gasteiger partial charge in [-0.1, -0.05) is 6.92 Å². The van der Waals surface area contributed by atoms with E-state index in [0.717, 1.165) is 38.4 Å². The first kappa shape index (κ1) is 14.2. The van der Waals surface area contributed by atoms with Crippen LogP contribution in [0.2, 0.25) is 0 Å². The summed E-state index contributed by atoms with van der Waals surface area (Å²) in [5.41, 5.74) is 0. The highest BCUT2D eigenvalue weighted by atomic mass is 16.5. The van der Waals surface area contributed by atoms with E-state index in [1.54, 1.807) is 6.20 Å². The van der Waals surface area contributed by atoms with Crippen LogP contribution in [0.3, 0.4) is 0 Å². The molecule has 0 radical (unpaired) electrons. The van der Waals surface area contributed by atoms with Crippen molar-refractivity contribution in [1.82, 2.24) is 14.5 Å². The molecule has 0 spiro atoms. The first-order valence-corrected chi connectivity index (χ1v) is 7.11. The Balaban J connectivity index is 1.92. The molecule has 1 saturated heterocycles. The van der Waals surface area contributed by atoms with Crippen LogP contribution in [0.1, 0.15) is 26.1 Å². The lowest BCUT2D eigenvalue weighted by molar-refractivity contribution is -0.135. The summed E-state index contributed by atoms with van der Waals surface area (Å²) in [5.74, 6) is 0.977. The van der Waals surface area contributed by atoms with E-state index in [9.17, 15) is 4.79 Å². The third kappa shape index (κ3) is 3.64. The second-order valence-corrected chi connectivity index (χ2v) is 4.93. The quantitative estimate of drug-likeness (QED) is 0.773. The Morgan fingerprint density at radius 3 is 3.11 bits per heavy atom. The van der Waals surface area contributed by atoms with Gasteiger partial charge in [0.25, 0.3) is 0 Å². The molecule has 1 aromatic heterocycles. The van der Waals surface area contributed by atoms with Crippen molar-refractivity contribution in [2.75, 3.05) is 26.2 Å². The van der Waals surface area contributed by atoms with Gasteiger partial charge >= 0.3 is 0 Å². The molecule has 1 aliphatic heterocycles. The number of nitrogens with zero attached hydrogens (tertiary/aromatic N) is 3. The number of Topliss-reactive ketones (excluding diaryl/α,β-unsaturated/α-hetero) is 1. The number of ether oxygens (including phenoxy) is 1. The van der Waals surface area contributed by atoms with Gasteiger partial charge in [0.2, 0.25) is 0 Å². The minimum absolute atomic E-state index is 0.140. The van der Waals surface area contributed by atoms with Gasteiger partial charge in [0, 0.05) is 32.0 Å². The van der Waals surface area contributed by atoms with Gasteiger partial charge in [0.05, 0.1) is 13.0 Å². The summed E-state index contributed by atoms with van der Waals surface area (Å²) in [4.78, 5) is 18.8. The fourth-order valence-electron chi connectivity index (χ4n) is 2.48. The predicted molar refractivity (Wildman–Crippen MR) is 73.1 cm³/mol. The maximum atomic E-state index is 12.3. The van der Waals surface area contributed by atoms with E-state index in [0.29, 0.717) is 13.0 Å². The van der Waals surface area contributed by atoms with Crippen LogP contribution in [0.5, 0.6) is 0 Å². The summed E-state index contributed by atoms with van der Waals surface area (Å²) in [6.45, 7) is 8.40. The number of aromatic nitrogens is 2. The average molecular weight is 265 g/mol. The van der Waals surface area contributed by atoms with E-state index in [-0.39, 0.29) is 11.9 Å². The van der Waals surface area contributed by atoms with Crippen LogP contribution >= 0.6 is 0 Å². The topological polar surface area (TPSA) is 47.4 Å². The predicted octanol–water partition coefficient (Wildman–Crippen LogP) is 1.13. The van der Waals surface area contributed by atoms with Gasteiger partial charge in [-0.15, -0.1) is 0 Å². The van der Waals surface area contributed by atoms with Crippen molar-refractivity contribution >= 4 is 5.78 Å².